The van der Waals surface area contributed by atoms with E-state index in [1.54, 1.807) is 19.2 Å². The van der Waals surface area contributed by atoms with Crippen LogP contribution in [0.3, 0.4) is 0 Å². The van der Waals surface area contributed by atoms with Crippen LogP contribution in [0.1, 0.15) is 23.6 Å². The van der Waals surface area contributed by atoms with Crippen molar-refractivity contribution in [1.82, 2.24) is 5.32 Å². The number of carbonyl (C=O) groups is 1. The van der Waals surface area contributed by atoms with Gasteiger partial charge in [0.25, 0.3) is 0 Å². The van der Waals surface area contributed by atoms with Crippen LogP contribution in [0.2, 0.25) is 0 Å². The van der Waals surface area contributed by atoms with Gasteiger partial charge in [-0.05, 0) is 23.3 Å². The van der Waals surface area contributed by atoms with Crippen LogP contribution in [0.4, 0.5) is 4.39 Å². The van der Waals surface area contributed by atoms with Gasteiger partial charge in [0.15, 0.2) is 0 Å². The first-order valence-electron chi connectivity index (χ1n) is 7.87. The summed E-state index contributed by atoms with van der Waals surface area (Å²) in [4.78, 5) is 12.2. The Balaban J connectivity index is 2.01. The Hall–Kier alpha value is -2.24. The summed E-state index contributed by atoms with van der Waals surface area (Å²) in [7, 11) is 1.60. The monoisotopic (exact) mass is 331 g/mol. The maximum atomic E-state index is 13.2. The van der Waals surface area contributed by atoms with E-state index < -0.39 is 0 Å². The lowest BCUT2D eigenvalue weighted by Crippen LogP contribution is -2.30. The molecule has 24 heavy (non-hydrogen) atoms. The third kappa shape index (κ3) is 5.76. The van der Waals surface area contributed by atoms with Gasteiger partial charge in [-0.2, -0.15) is 0 Å². The number of halogens is 1. The fourth-order valence-corrected chi connectivity index (χ4v) is 2.30. The zero-order valence-electron chi connectivity index (χ0n) is 13.7. The van der Waals surface area contributed by atoms with Crippen molar-refractivity contribution in [2.45, 2.75) is 12.5 Å². The van der Waals surface area contributed by atoms with Crippen molar-refractivity contribution in [2.75, 3.05) is 26.9 Å². The second-order valence-electron chi connectivity index (χ2n) is 5.32. The molecule has 0 saturated carbocycles. The van der Waals surface area contributed by atoms with Crippen molar-refractivity contribution in [3.05, 3.63) is 71.5 Å². The Bertz CT molecular complexity index is 616. The molecule has 4 nitrogen and oxygen atoms in total. The molecule has 0 saturated heterocycles. The molecule has 128 valence electrons. The predicted molar refractivity (Wildman–Crippen MR) is 90.1 cm³/mol. The molecule has 1 N–H and O–H groups in total. The molecule has 0 heterocycles. The largest absolute Gasteiger partial charge is 0.382 e. The molecule has 2 aromatic carbocycles. The van der Waals surface area contributed by atoms with Gasteiger partial charge in [0, 0.05) is 13.5 Å². The first-order valence-corrected chi connectivity index (χ1v) is 7.87. The van der Waals surface area contributed by atoms with E-state index >= 15 is 0 Å². The van der Waals surface area contributed by atoms with Gasteiger partial charge in [-0.3, -0.25) is 4.79 Å². The Kier molecular flexibility index (Phi) is 7.39. The molecule has 5 heteroatoms. The zero-order chi connectivity index (χ0) is 17.2. The first kappa shape index (κ1) is 18.1. The highest BCUT2D eigenvalue weighted by atomic mass is 19.1. The number of hydrogen-bond donors (Lipinski definition) is 1. The van der Waals surface area contributed by atoms with Crippen LogP contribution in [0, 0.1) is 5.82 Å². The minimum absolute atomic E-state index is 0.120. The number of carbonyl (C=O) groups excluding carboxylic acids is 1. The third-order valence-electron chi connectivity index (χ3n) is 3.55. The van der Waals surface area contributed by atoms with Crippen molar-refractivity contribution in [3.8, 4) is 0 Å². The molecule has 0 aliphatic rings. The second kappa shape index (κ2) is 9.80. The molecule has 0 aromatic heterocycles. The van der Waals surface area contributed by atoms with Gasteiger partial charge in [-0.1, -0.05) is 42.5 Å². The van der Waals surface area contributed by atoms with Gasteiger partial charge in [0.2, 0.25) is 5.91 Å². The Labute approximate surface area is 141 Å². The summed E-state index contributed by atoms with van der Waals surface area (Å²) in [6, 6.07) is 15.4. The molecule has 0 aliphatic carbocycles. The van der Waals surface area contributed by atoms with Crippen molar-refractivity contribution in [2.24, 2.45) is 0 Å². The lowest BCUT2D eigenvalue weighted by atomic mass is 9.98. The number of rotatable bonds is 9. The van der Waals surface area contributed by atoms with Crippen LogP contribution in [-0.4, -0.2) is 32.8 Å². The highest BCUT2D eigenvalue weighted by Gasteiger charge is 2.16. The van der Waals surface area contributed by atoms with E-state index in [0.29, 0.717) is 19.8 Å². The normalized spacial score (nSPS) is 11.9. The average molecular weight is 331 g/mol. The van der Waals surface area contributed by atoms with E-state index in [1.807, 2.05) is 30.3 Å². The number of nitrogens with one attached hydrogen (secondary N) is 1. The number of amides is 1. The highest BCUT2D eigenvalue weighted by Crippen LogP contribution is 2.22. The quantitative estimate of drug-likeness (QED) is 0.718. The molecule has 0 radical (unpaired) electrons. The maximum Gasteiger partial charge on any atom is 0.223 e. The molecule has 0 spiro atoms. The molecular formula is C19H22FNO3. The Morgan fingerprint density at radius 3 is 2.33 bits per heavy atom. The summed E-state index contributed by atoms with van der Waals surface area (Å²) in [6.45, 7) is 1.30. The number of benzene rings is 2. The number of methoxy groups -OCH3 is 1. The fourth-order valence-electron chi connectivity index (χ4n) is 2.30. The van der Waals surface area contributed by atoms with Crippen molar-refractivity contribution < 1.29 is 18.7 Å². The second-order valence-corrected chi connectivity index (χ2v) is 5.32. The van der Waals surface area contributed by atoms with Crippen LogP contribution in [0.25, 0.3) is 0 Å². The SMILES string of the molecule is COCCOCCC(=O)N[C@@H](c1ccccc1)c1ccc(F)cc1. The average Bonchev–Trinajstić information content (AvgIpc) is 2.61. The van der Waals surface area contributed by atoms with E-state index in [4.69, 9.17) is 9.47 Å². The summed E-state index contributed by atoms with van der Waals surface area (Å²) < 4.78 is 23.4. The summed E-state index contributed by atoms with van der Waals surface area (Å²) in [5, 5.41) is 2.99. The fraction of sp³-hybridized carbons (Fsp3) is 0.316. The van der Waals surface area contributed by atoms with E-state index in [9.17, 15) is 9.18 Å². The molecule has 2 aromatic rings. The maximum absolute atomic E-state index is 13.2. The molecule has 0 unspecified atom stereocenters. The molecular weight excluding hydrogens is 309 g/mol. The minimum Gasteiger partial charge on any atom is -0.382 e. The highest BCUT2D eigenvalue weighted by molar-refractivity contribution is 5.77. The minimum atomic E-state index is -0.321. The number of ether oxygens (including phenoxy) is 2. The smallest absolute Gasteiger partial charge is 0.223 e. The van der Waals surface area contributed by atoms with Crippen molar-refractivity contribution in [3.63, 3.8) is 0 Å². The van der Waals surface area contributed by atoms with E-state index in [1.165, 1.54) is 12.1 Å². The van der Waals surface area contributed by atoms with Gasteiger partial charge < -0.3 is 14.8 Å². The van der Waals surface area contributed by atoms with Crippen molar-refractivity contribution >= 4 is 5.91 Å². The first-order chi connectivity index (χ1) is 11.7. The van der Waals surface area contributed by atoms with Crippen LogP contribution in [0.15, 0.2) is 54.6 Å². The van der Waals surface area contributed by atoms with Crippen LogP contribution in [0.5, 0.6) is 0 Å². The van der Waals surface area contributed by atoms with Gasteiger partial charge >= 0.3 is 0 Å². The third-order valence-corrected chi connectivity index (χ3v) is 3.55. The van der Waals surface area contributed by atoms with Gasteiger partial charge in [-0.25, -0.2) is 4.39 Å². The van der Waals surface area contributed by atoms with Gasteiger partial charge in [0.1, 0.15) is 5.82 Å². The topological polar surface area (TPSA) is 47.6 Å². The molecule has 2 rings (SSSR count). The Morgan fingerprint density at radius 1 is 1.00 bits per heavy atom. The molecule has 0 bridgehead atoms. The van der Waals surface area contributed by atoms with Gasteiger partial charge in [-0.15, -0.1) is 0 Å². The summed E-state index contributed by atoms with van der Waals surface area (Å²) >= 11 is 0. The van der Waals surface area contributed by atoms with E-state index in [0.717, 1.165) is 11.1 Å². The lowest BCUT2D eigenvalue weighted by molar-refractivity contribution is -0.122. The molecule has 1 amide bonds. The standard InChI is InChI=1S/C19H22FNO3/c1-23-13-14-24-12-11-18(22)21-19(15-5-3-2-4-6-15)16-7-9-17(20)10-8-16/h2-10,19H,11-14H2,1H3,(H,21,22)/t19-/m0/s1. The van der Waals surface area contributed by atoms with Crippen LogP contribution in [-0.2, 0) is 14.3 Å². The Morgan fingerprint density at radius 2 is 1.67 bits per heavy atom. The summed E-state index contributed by atoms with van der Waals surface area (Å²) in [5.41, 5.74) is 1.77. The van der Waals surface area contributed by atoms with Crippen LogP contribution < -0.4 is 5.32 Å². The van der Waals surface area contributed by atoms with E-state index in [-0.39, 0.29) is 24.2 Å². The molecule has 0 aliphatic heterocycles. The summed E-state index contributed by atoms with van der Waals surface area (Å²) in [6.07, 6.45) is 0.258. The number of hydrogen-bond acceptors (Lipinski definition) is 3. The van der Waals surface area contributed by atoms with Crippen LogP contribution >= 0.6 is 0 Å². The lowest BCUT2D eigenvalue weighted by Gasteiger charge is -2.20. The van der Waals surface area contributed by atoms with Gasteiger partial charge in [0.05, 0.1) is 25.9 Å². The van der Waals surface area contributed by atoms with Crippen molar-refractivity contribution in [1.29, 1.82) is 0 Å². The van der Waals surface area contributed by atoms with E-state index in [2.05, 4.69) is 5.32 Å². The summed E-state index contributed by atoms with van der Waals surface area (Å²) in [5.74, 6) is -0.422. The predicted octanol–water partition coefficient (Wildman–Crippen LogP) is 3.08. The molecule has 0 fully saturated rings. The molecule has 1 atom stereocenters. The zero-order valence-corrected chi connectivity index (χ0v) is 13.7.